The zero-order valence-corrected chi connectivity index (χ0v) is 12.9. The maximum Gasteiger partial charge on any atom is 0.119 e. The fourth-order valence-electron chi connectivity index (χ4n) is 3.62. The van der Waals surface area contributed by atoms with Crippen LogP contribution in [0.25, 0.3) is 11.1 Å². The van der Waals surface area contributed by atoms with Crippen molar-refractivity contribution in [2.45, 2.75) is 12.3 Å². The van der Waals surface area contributed by atoms with E-state index in [1.54, 1.807) is 6.07 Å². The number of hydrogen-bond donors (Lipinski definition) is 1. The first kappa shape index (κ1) is 13.8. The van der Waals surface area contributed by atoms with Crippen LogP contribution in [0.5, 0.6) is 5.75 Å². The van der Waals surface area contributed by atoms with Crippen molar-refractivity contribution in [3.63, 3.8) is 0 Å². The van der Waals surface area contributed by atoms with E-state index in [2.05, 4.69) is 61.2 Å². The van der Waals surface area contributed by atoms with E-state index in [4.69, 9.17) is 0 Å². The highest BCUT2D eigenvalue weighted by atomic mass is 16.3. The van der Waals surface area contributed by atoms with Crippen molar-refractivity contribution < 1.29 is 5.11 Å². The Kier molecular flexibility index (Phi) is 3.27. The predicted molar refractivity (Wildman–Crippen MR) is 94.8 cm³/mol. The quantitative estimate of drug-likeness (QED) is 0.510. The van der Waals surface area contributed by atoms with Crippen molar-refractivity contribution in [3.8, 4) is 16.9 Å². The molecule has 0 spiro atoms. The van der Waals surface area contributed by atoms with Crippen LogP contribution in [0.15, 0.2) is 79.4 Å². The zero-order chi connectivity index (χ0) is 15.8. The molecule has 0 heterocycles. The van der Waals surface area contributed by atoms with Gasteiger partial charge in [-0.25, -0.2) is 0 Å². The number of benzene rings is 3. The zero-order valence-electron chi connectivity index (χ0n) is 12.9. The highest BCUT2D eigenvalue weighted by Gasteiger charge is 2.29. The van der Waals surface area contributed by atoms with Gasteiger partial charge in [-0.05, 0) is 45.9 Å². The van der Waals surface area contributed by atoms with Crippen molar-refractivity contribution in [2.75, 3.05) is 0 Å². The Morgan fingerprint density at radius 3 is 2.09 bits per heavy atom. The number of aromatic hydroxyl groups is 1. The molecule has 4 rings (SSSR count). The SMILES string of the molecule is C=CCc1cc(C2c3ccccc3-c3ccccc32)ccc1O. The third-order valence-electron chi connectivity index (χ3n) is 4.63. The number of rotatable bonds is 3. The topological polar surface area (TPSA) is 20.2 Å². The van der Waals surface area contributed by atoms with E-state index in [-0.39, 0.29) is 5.92 Å². The number of phenolic OH excluding ortho intramolecular Hbond substituents is 1. The third kappa shape index (κ3) is 2.17. The monoisotopic (exact) mass is 298 g/mol. The van der Waals surface area contributed by atoms with Gasteiger partial charge in [-0.15, -0.1) is 6.58 Å². The molecule has 1 heteroatoms. The van der Waals surface area contributed by atoms with Gasteiger partial charge < -0.3 is 5.11 Å². The summed E-state index contributed by atoms with van der Waals surface area (Å²) in [4.78, 5) is 0. The summed E-state index contributed by atoms with van der Waals surface area (Å²) in [5.41, 5.74) is 7.45. The van der Waals surface area contributed by atoms with Gasteiger partial charge in [0.2, 0.25) is 0 Å². The lowest BCUT2D eigenvalue weighted by Gasteiger charge is -2.16. The normalized spacial score (nSPS) is 12.7. The second-order valence-electron chi connectivity index (χ2n) is 5.99. The molecule has 23 heavy (non-hydrogen) atoms. The number of phenols is 1. The molecule has 1 aliphatic carbocycles. The summed E-state index contributed by atoms with van der Waals surface area (Å²) in [6, 6.07) is 23.1. The molecule has 0 bridgehead atoms. The lowest BCUT2D eigenvalue weighted by atomic mass is 9.88. The first-order valence-electron chi connectivity index (χ1n) is 7.90. The molecule has 0 aliphatic heterocycles. The van der Waals surface area contributed by atoms with E-state index < -0.39 is 0 Å². The van der Waals surface area contributed by atoms with Crippen molar-refractivity contribution >= 4 is 0 Å². The number of hydrogen-bond acceptors (Lipinski definition) is 1. The van der Waals surface area contributed by atoms with E-state index in [0.717, 1.165) is 5.56 Å². The molecule has 3 aromatic carbocycles. The minimum absolute atomic E-state index is 0.228. The Balaban J connectivity index is 1.92. The molecular formula is C22H18O. The molecule has 0 saturated heterocycles. The summed E-state index contributed by atoms with van der Waals surface area (Å²) in [5, 5.41) is 10.1. The summed E-state index contributed by atoms with van der Waals surface area (Å²) in [6.07, 6.45) is 2.51. The molecule has 0 aromatic heterocycles. The van der Waals surface area contributed by atoms with Crippen LogP contribution in [0.2, 0.25) is 0 Å². The molecule has 0 amide bonds. The summed E-state index contributed by atoms with van der Waals surface area (Å²) >= 11 is 0. The van der Waals surface area contributed by atoms with Crippen LogP contribution in [-0.4, -0.2) is 5.11 Å². The van der Waals surface area contributed by atoms with Gasteiger partial charge in [-0.2, -0.15) is 0 Å². The Morgan fingerprint density at radius 1 is 0.870 bits per heavy atom. The van der Waals surface area contributed by atoms with Gasteiger partial charge in [0.05, 0.1) is 0 Å². The molecule has 0 unspecified atom stereocenters. The first-order chi connectivity index (χ1) is 11.3. The van der Waals surface area contributed by atoms with Crippen LogP contribution in [0.4, 0.5) is 0 Å². The number of allylic oxidation sites excluding steroid dienone is 1. The predicted octanol–water partition coefficient (Wildman–Crippen LogP) is 5.28. The van der Waals surface area contributed by atoms with Crippen LogP contribution in [0.3, 0.4) is 0 Å². The molecular weight excluding hydrogens is 280 g/mol. The smallest absolute Gasteiger partial charge is 0.119 e. The van der Waals surface area contributed by atoms with Crippen molar-refractivity contribution in [2.24, 2.45) is 0 Å². The van der Waals surface area contributed by atoms with Gasteiger partial charge in [0.25, 0.3) is 0 Å². The van der Waals surface area contributed by atoms with Crippen LogP contribution in [0.1, 0.15) is 28.2 Å². The van der Waals surface area contributed by atoms with Gasteiger partial charge >= 0.3 is 0 Å². The summed E-state index contributed by atoms with van der Waals surface area (Å²) in [7, 11) is 0. The molecule has 3 aromatic rings. The maximum atomic E-state index is 10.1. The van der Waals surface area contributed by atoms with Crippen LogP contribution in [-0.2, 0) is 6.42 Å². The molecule has 0 fully saturated rings. The summed E-state index contributed by atoms with van der Waals surface area (Å²) in [5.74, 6) is 0.569. The molecule has 0 radical (unpaired) electrons. The van der Waals surface area contributed by atoms with Gasteiger partial charge in [0, 0.05) is 5.92 Å². The average Bonchev–Trinajstić information content (AvgIpc) is 2.92. The second-order valence-corrected chi connectivity index (χ2v) is 5.99. The van der Waals surface area contributed by atoms with Crippen molar-refractivity contribution in [1.29, 1.82) is 0 Å². The van der Waals surface area contributed by atoms with Crippen molar-refractivity contribution in [1.82, 2.24) is 0 Å². The molecule has 0 atom stereocenters. The van der Waals surface area contributed by atoms with E-state index in [9.17, 15) is 5.11 Å². The minimum atomic E-state index is 0.228. The summed E-state index contributed by atoms with van der Waals surface area (Å²) in [6.45, 7) is 3.79. The van der Waals surface area contributed by atoms with E-state index in [0.29, 0.717) is 12.2 Å². The highest BCUT2D eigenvalue weighted by molar-refractivity contribution is 5.80. The standard InChI is InChI=1S/C22H18O/c1-2-7-15-14-16(12-13-21(15)23)22-19-10-5-3-8-17(19)18-9-4-6-11-20(18)22/h2-6,8-14,22-23H,1,7H2. The average molecular weight is 298 g/mol. The fourth-order valence-corrected chi connectivity index (χ4v) is 3.62. The first-order valence-corrected chi connectivity index (χ1v) is 7.90. The highest BCUT2D eigenvalue weighted by Crippen LogP contribution is 2.48. The van der Waals surface area contributed by atoms with Crippen LogP contribution >= 0.6 is 0 Å². The molecule has 112 valence electrons. The Labute approximate surface area is 136 Å². The van der Waals surface area contributed by atoms with Gasteiger partial charge in [0.1, 0.15) is 5.75 Å². The Bertz CT molecular complexity index is 846. The van der Waals surface area contributed by atoms with Gasteiger partial charge in [-0.3, -0.25) is 0 Å². The third-order valence-corrected chi connectivity index (χ3v) is 4.63. The molecule has 1 N–H and O–H groups in total. The molecule has 1 nitrogen and oxygen atoms in total. The van der Waals surface area contributed by atoms with Crippen LogP contribution < -0.4 is 0 Å². The van der Waals surface area contributed by atoms with Crippen LogP contribution in [0, 0.1) is 0 Å². The van der Waals surface area contributed by atoms with Gasteiger partial charge in [0.15, 0.2) is 0 Å². The van der Waals surface area contributed by atoms with Gasteiger partial charge in [-0.1, -0.05) is 66.7 Å². The van der Waals surface area contributed by atoms with E-state index in [1.165, 1.54) is 27.8 Å². The Hall–Kier alpha value is -2.80. The lowest BCUT2D eigenvalue weighted by Crippen LogP contribution is -2.00. The fraction of sp³-hybridized carbons (Fsp3) is 0.0909. The minimum Gasteiger partial charge on any atom is -0.508 e. The number of fused-ring (bicyclic) bond motifs is 3. The van der Waals surface area contributed by atoms with Crippen molar-refractivity contribution in [3.05, 3.63) is 102 Å². The second kappa shape index (κ2) is 5.44. The molecule has 1 aliphatic rings. The van der Waals surface area contributed by atoms with E-state index >= 15 is 0 Å². The maximum absolute atomic E-state index is 10.1. The largest absolute Gasteiger partial charge is 0.508 e. The lowest BCUT2D eigenvalue weighted by molar-refractivity contribution is 0.469. The molecule has 0 saturated carbocycles. The summed E-state index contributed by atoms with van der Waals surface area (Å²) < 4.78 is 0. The van der Waals surface area contributed by atoms with E-state index in [1.807, 2.05) is 12.1 Å². The Morgan fingerprint density at radius 2 is 1.48 bits per heavy atom.